The Kier molecular flexibility index (Phi) is 4.34. The van der Waals surface area contributed by atoms with Crippen LogP contribution in [0, 0.1) is 6.92 Å². The molecule has 0 unspecified atom stereocenters. The molecule has 5 nitrogen and oxygen atoms in total. The first kappa shape index (κ1) is 14.5. The van der Waals surface area contributed by atoms with Crippen LogP contribution in [-0.2, 0) is 11.8 Å². The van der Waals surface area contributed by atoms with Crippen LogP contribution < -0.4 is 5.32 Å². The fraction of sp³-hybridized carbons (Fsp3) is 0.214. The molecule has 0 aliphatic carbocycles. The van der Waals surface area contributed by atoms with Crippen molar-refractivity contribution in [2.24, 2.45) is 7.05 Å². The van der Waals surface area contributed by atoms with Gasteiger partial charge in [0.2, 0.25) is 5.91 Å². The highest BCUT2D eigenvalue weighted by Crippen LogP contribution is 2.22. The summed E-state index contributed by atoms with van der Waals surface area (Å²) in [6.07, 6.45) is 0. The fourth-order valence-corrected chi connectivity index (χ4v) is 2.11. The summed E-state index contributed by atoms with van der Waals surface area (Å²) in [6, 6.07) is 8.93. The van der Waals surface area contributed by atoms with Gasteiger partial charge in [0.05, 0.1) is 16.6 Å². The molecule has 0 aliphatic heterocycles. The topological polar surface area (TPSA) is 64.0 Å². The molecule has 1 aromatic heterocycles. The van der Waals surface area contributed by atoms with Gasteiger partial charge in [0.25, 0.3) is 0 Å². The SMILES string of the molecule is Cc1nn(C)c(NC(=O)CBr)c1C(=O)c1ccccc1. The van der Waals surface area contributed by atoms with E-state index in [1.165, 1.54) is 4.68 Å². The number of ketones is 1. The van der Waals surface area contributed by atoms with Crippen LogP contribution >= 0.6 is 15.9 Å². The van der Waals surface area contributed by atoms with Crippen LogP contribution in [-0.4, -0.2) is 26.8 Å². The quantitative estimate of drug-likeness (QED) is 0.688. The lowest BCUT2D eigenvalue weighted by atomic mass is 10.0. The van der Waals surface area contributed by atoms with Crippen molar-refractivity contribution in [2.75, 3.05) is 10.6 Å². The standard InChI is InChI=1S/C14H14BrN3O2/c1-9-12(13(20)10-6-4-3-5-7-10)14(18(2)17-9)16-11(19)8-15/h3-7H,8H2,1-2H3,(H,16,19). The predicted octanol–water partition coefficient (Wildman–Crippen LogP) is 2.29. The van der Waals surface area contributed by atoms with Crippen molar-refractivity contribution in [2.45, 2.75) is 6.92 Å². The van der Waals surface area contributed by atoms with Crippen LogP contribution in [0.4, 0.5) is 5.82 Å². The second-order valence-electron chi connectivity index (χ2n) is 4.31. The van der Waals surface area contributed by atoms with Crippen LogP contribution in [0.15, 0.2) is 30.3 Å². The van der Waals surface area contributed by atoms with E-state index in [9.17, 15) is 9.59 Å². The predicted molar refractivity (Wildman–Crippen MR) is 80.2 cm³/mol. The summed E-state index contributed by atoms with van der Waals surface area (Å²) in [6.45, 7) is 1.75. The van der Waals surface area contributed by atoms with Gasteiger partial charge in [-0.05, 0) is 6.92 Å². The number of benzene rings is 1. The van der Waals surface area contributed by atoms with Crippen molar-refractivity contribution in [1.29, 1.82) is 0 Å². The van der Waals surface area contributed by atoms with Crippen molar-refractivity contribution < 1.29 is 9.59 Å². The molecule has 0 radical (unpaired) electrons. The number of halogens is 1. The molecule has 0 saturated heterocycles. The highest BCUT2D eigenvalue weighted by atomic mass is 79.9. The number of nitrogens with one attached hydrogen (secondary N) is 1. The molecule has 0 atom stereocenters. The molecule has 1 amide bonds. The van der Waals surface area contributed by atoms with Gasteiger partial charge in [-0.25, -0.2) is 0 Å². The van der Waals surface area contributed by atoms with E-state index in [-0.39, 0.29) is 17.0 Å². The van der Waals surface area contributed by atoms with Crippen molar-refractivity contribution in [3.05, 3.63) is 47.2 Å². The van der Waals surface area contributed by atoms with E-state index >= 15 is 0 Å². The van der Waals surface area contributed by atoms with Crippen LogP contribution in [0.25, 0.3) is 0 Å². The molecule has 1 N–H and O–H groups in total. The van der Waals surface area contributed by atoms with Crippen molar-refractivity contribution in [3.8, 4) is 0 Å². The number of aromatic nitrogens is 2. The summed E-state index contributed by atoms with van der Waals surface area (Å²) in [7, 11) is 1.69. The van der Waals surface area contributed by atoms with E-state index in [0.29, 0.717) is 22.6 Å². The summed E-state index contributed by atoms with van der Waals surface area (Å²) in [5.41, 5.74) is 1.58. The Morgan fingerprint density at radius 2 is 1.95 bits per heavy atom. The number of anilines is 1. The van der Waals surface area contributed by atoms with Gasteiger partial charge >= 0.3 is 0 Å². The molecule has 2 rings (SSSR count). The number of rotatable bonds is 4. The number of carbonyl (C=O) groups is 2. The second-order valence-corrected chi connectivity index (χ2v) is 4.87. The van der Waals surface area contributed by atoms with E-state index in [1.54, 1.807) is 38.2 Å². The summed E-state index contributed by atoms with van der Waals surface area (Å²) < 4.78 is 1.51. The molecule has 0 fully saturated rings. The van der Waals surface area contributed by atoms with Crippen LogP contribution in [0.1, 0.15) is 21.6 Å². The van der Waals surface area contributed by atoms with Gasteiger partial charge in [0, 0.05) is 12.6 Å². The summed E-state index contributed by atoms with van der Waals surface area (Å²) >= 11 is 3.08. The zero-order valence-electron chi connectivity index (χ0n) is 11.2. The van der Waals surface area contributed by atoms with E-state index in [1.807, 2.05) is 6.07 Å². The van der Waals surface area contributed by atoms with E-state index in [2.05, 4.69) is 26.3 Å². The average molecular weight is 336 g/mol. The van der Waals surface area contributed by atoms with Gasteiger partial charge in [-0.3, -0.25) is 14.3 Å². The summed E-state index contributed by atoms with van der Waals surface area (Å²) in [4.78, 5) is 24.1. The Bertz CT molecular complexity index is 650. The first-order valence-electron chi connectivity index (χ1n) is 6.03. The molecule has 20 heavy (non-hydrogen) atoms. The zero-order valence-corrected chi connectivity index (χ0v) is 12.8. The lowest BCUT2D eigenvalue weighted by Gasteiger charge is -2.07. The molecule has 0 spiro atoms. The Balaban J connectivity index is 2.46. The first-order valence-corrected chi connectivity index (χ1v) is 7.16. The Hall–Kier alpha value is -1.95. The number of hydrogen-bond acceptors (Lipinski definition) is 3. The van der Waals surface area contributed by atoms with Gasteiger partial charge in [-0.15, -0.1) is 0 Å². The molecule has 0 saturated carbocycles. The molecule has 6 heteroatoms. The third-order valence-corrected chi connectivity index (χ3v) is 3.37. The van der Waals surface area contributed by atoms with Gasteiger partial charge in [0.15, 0.2) is 5.78 Å². The highest BCUT2D eigenvalue weighted by molar-refractivity contribution is 9.09. The Morgan fingerprint density at radius 3 is 2.55 bits per heavy atom. The minimum absolute atomic E-state index is 0.152. The molecule has 0 bridgehead atoms. The van der Waals surface area contributed by atoms with Crippen LogP contribution in [0.3, 0.4) is 0 Å². The third-order valence-electron chi connectivity index (χ3n) is 2.86. The van der Waals surface area contributed by atoms with E-state index in [4.69, 9.17) is 0 Å². The van der Waals surface area contributed by atoms with Crippen molar-refractivity contribution >= 4 is 33.4 Å². The Morgan fingerprint density at radius 1 is 1.30 bits per heavy atom. The monoisotopic (exact) mass is 335 g/mol. The minimum Gasteiger partial charge on any atom is -0.310 e. The Labute approximate surface area is 125 Å². The molecular weight excluding hydrogens is 322 g/mol. The lowest BCUT2D eigenvalue weighted by molar-refractivity contribution is -0.113. The third kappa shape index (κ3) is 2.80. The largest absolute Gasteiger partial charge is 0.310 e. The van der Waals surface area contributed by atoms with Gasteiger partial charge in [-0.2, -0.15) is 5.10 Å². The van der Waals surface area contributed by atoms with E-state index in [0.717, 1.165) is 0 Å². The lowest BCUT2D eigenvalue weighted by Crippen LogP contribution is -2.17. The van der Waals surface area contributed by atoms with Crippen LogP contribution in [0.5, 0.6) is 0 Å². The maximum Gasteiger partial charge on any atom is 0.236 e. The number of hydrogen-bond donors (Lipinski definition) is 1. The number of nitrogens with zero attached hydrogens (tertiary/aromatic N) is 2. The van der Waals surface area contributed by atoms with Crippen LogP contribution in [0.2, 0.25) is 0 Å². The van der Waals surface area contributed by atoms with Crippen molar-refractivity contribution in [3.63, 3.8) is 0 Å². The smallest absolute Gasteiger partial charge is 0.236 e. The average Bonchev–Trinajstić information content (AvgIpc) is 2.73. The van der Waals surface area contributed by atoms with Gasteiger partial charge in [-0.1, -0.05) is 46.3 Å². The number of aryl methyl sites for hydroxylation is 2. The summed E-state index contributed by atoms with van der Waals surface area (Å²) in [5, 5.41) is 7.07. The first-order chi connectivity index (χ1) is 9.54. The van der Waals surface area contributed by atoms with Crippen molar-refractivity contribution in [1.82, 2.24) is 9.78 Å². The number of carbonyl (C=O) groups excluding carboxylic acids is 2. The number of amides is 1. The molecule has 1 aromatic carbocycles. The normalized spacial score (nSPS) is 10.3. The number of alkyl halides is 1. The summed E-state index contributed by atoms with van der Waals surface area (Å²) in [5.74, 6) is 0.0389. The molecule has 1 heterocycles. The molecular formula is C14H14BrN3O2. The van der Waals surface area contributed by atoms with Gasteiger partial charge in [0.1, 0.15) is 5.82 Å². The molecule has 104 valence electrons. The molecule has 2 aromatic rings. The fourth-order valence-electron chi connectivity index (χ4n) is 1.97. The van der Waals surface area contributed by atoms with E-state index < -0.39 is 0 Å². The minimum atomic E-state index is -0.227. The van der Waals surface area contributed by atoms with Gasteiger partial charge < -0.3 is 5.32 Å². The maximum absolute atomic E-state index is 12.6. The second kappa shape index (κ2) is 6.00. The highest BCUT2D eigenvalue weighted by Gasteiger charge is 2.22. The maximum atomic E-state index is 12.6. The molecule has 0 aliphatic rings. The zero-order chi connectivity index (χ0) is 14.7.